The monoisotopic (exact) mass is 490 g/mol. The maximum absolute atomic E-state index is 12.6. The molecular formula is C13H10BiClO3S. The molecule has 1 aliphatic rings. The summed E-state index contributed by atoms with van der Waals surface area (Å²) in [5.74, 6) is 0.647. The van der Waals surface area contributed by atoms with E-state index >= 15 is 0 Å². The third-order valence-electron chi connectivity index (χ3n) is 3.03. The predicted molar refractivity (Wildman–Crippen MR) is 75.8 cm³/mol. The van der Waals surface area contributed by atoms with Gasteiger partial charge in [-0.15, -0.1) is 0 Å². The molecule has 19 heavy (non-hydrogen) atoms. The molecule has 0 unspecified atom stereocenters. The standard InChI is InChI=1S/C13H10O3S.Bi.ClH/c1-16-11-7-9-13(10-8-11)17(14,15)12-5-3-2-4-6-12;;/h2-5,7-9H,1H3;;1H/q;+1;/p-1. The number of methoxy groups -OCH3 is 1. The van der Waals surface area contributed by atoms with Crippen LogP contribution in [0.25, 0.3) is 0 Å². The average Bonchev–Trinajstić information content (AvgIpc) is 2.44. The van der Waals surface area contributed by atoms with E-state index in [0.29, 0.717) is 15.5 Å². The van der Waals surface area contributed by atoms with Crippen molar-refractivity contribution in [3.63, 3.8) is 0 Å². The molecule has 1 aliphatic heterocycles. The van der Waals surface area contributed by atoms with Gasteiger partial charge in [0.1, 0.15) is 0 Å². The van der Waals surface area contributed by atoms with Crippen LogP contribution in [0, 0.1) is 0 Å². The maximum atomic E-state index is 12.6. The van der Waals surface area contributed by atoms with Crippen LogP contribution in [0.5, 0.6) is 5.75 Å². The molecule has 0 atom stereocenters. The fraction of sp³-hybridized carbons (Fsp3) is 0.0769. The molecule has 3 nitrogen and oxygen atoms in total. The van der Waals surface area contributed by atoms with Crippen LogP contribution >= 0.6 is 8.51 Å². The van der Waals surface area contributed by atoms with Crippen LogP contribution < -0.4 is 11.3 Å². The number of ether oxygens (including phenoxy) is 1. The second kappa shape index (κ2) is 4.73. The first kappa shape index (κ1) is 13.4. The van der Waals surface area contributed by atoms with Crippen LogP contribution in [-0.4, -0.2) is 36.1 Å². The van der Waals surface area contributed by atoms with Gasteiger partial charge in [0.25, 0.3) is 0 Å². The quantitative estimate of drug-likeness (QED) is 0.564. The average molecular weight is 491 g/mol. The first-order valence-corrected chi connectivity index (χ1v) is 14.8. The molecule has 2 aromatic rings. The minimum atomic E-state index is -3.45. The molecule has 1 heterocycles. The number of benzene rings is 2. The van der Waals surface area contributed by atoms with E-state index in [2.05, 4.69) is 0 Å². The van der Waals surface area contributed by atoms with Crippen molar-refractivity contribution in [1.29, 1.82) is 0 Å². The van der Waals surface area contributed by atoms with Gasteiger partial charge in [0, 0.05) is 0 Å². The molecule has 0 aliphatic carbocycles. The molecule has 6 heteroatoms. The van der Waals surface area contributed by atoms with Gasteiger partial charge in [-0.25, -0.2) is 0 Å². The Morgan fingerprint density at radius 3 is 2.47 bits per heavy atom. The van der Waals surface area contributed by atoms with Crippen LogP contribution in [0.3, 0.4) is 0 Å². The van der Waals surface area contributed by atoms with Gasteiger partial charge in [-0.2, -0.15) is 0 Å². The SMILES string of the molecule is COc1ccc2[c](c1)[Bi]([Cl])[c]1ccccc1S2(=O)=O. The summed E-state index contributed by atoms with van der Waals surface area (Å²) in [6.07, 6.45) is 0. The number of fused-ring (bicyclic) bond motifs is 2. The summed E-state index contributed by atoms with van der Waals surface area (Å²) in [5, 5.41) is 0. The van der Waals surface area contributed by atoms with E-state index in [-0.39, 0.29) is 0 Å². The van der Waals surface area contributed by atoms with Gasteiger partial charge in [-0.3, -0.25) is 0 Å². The van der Waals surface area contributed by atoms with Gasteiger partial charge in [0.05, 0.1) is 0 Å². The summed E-state index contributed by atoms with van der Waals surface area (Å²) >= 11 is -2.71. The number of sulfone groups is 1. The van der Waals surface area contributed by atoms with E-state index in [1.165, 1.54) is 0 Å². The van der Waals surface area contributed by atoms with Gasteiger partial charge < -0.3 is 0 Å². The summed E-state index contributed by atoms with van der Waals surface area (Å²) in [7, 11) is 4.73. The van der Waals surface area contributed by atoms with Gasteiger partial charge in [0.15, 0.2) is 0 Å². The van der Waals surface area contributed by atoms with Crippen molar-refractivity contribution >= 4 is 45.5 Å². The van der Waals surface area contributed by atoms with Crippen molar-refractivity contribution in [3.8, 4) is 5.75 Å². The Hall–Kier alpha value is -0.637. The van der Waals surface area contributed by atoms with Crippen molar-refractivity contribution in [2.24, 2.45) is 0 Å². The van der Waals surface area contributed by atoms with Crippen molar-refractivity contribution < 1.29 is 13.2 Å². The zero-order chi connectivity index (χ0) is 13.6. The molecule has 0 amide bonds. The van der Waals surface area contributed by atoms with E-state index < -0.39 is 30.4 Å². The van der Waals surface area contributed by atoms with E-state index in [1.807, 2.05) is 12.1 Å². The van der Waals surface area contributed by atoms with Crippen LogP contribution in [0.2, 0.25) is 0 Å². The number of hydrogen-bond donors (Lipinski definition) is 0. The zero-order valence-corrected chi connectivity index (χ0v) is 15.0. The molecule has 0 saturated carbocycles. The van der Waals surface area contributed by atoms with Gasteiger partial charge in [-0.1, -0.05) is 0 Å². The molecule has 0 spiro atoms. The molecule has 0 aromatic heterocycles. The third-order valence-corrected chi connectivity index (χ3v) is 15.6. The first-order valence-electron chi connectivity index (χ1n) is 5.54. The Labute approximate surface area is 123 Å². The third kappa shape index (κ3) is 1.99. The Morgan fingerprint density at radius 1 is 1.05 bits per heavy atom. The van der Waals surface area contributed by atoms with Crippen molar-refractivity contribution in [3.05, 3.63) is 42.5 Å². The molecule has 0 bridgehead atoms. The van der Waals surface area contributed by atoms with Crippen molar-refractivity contribution in [1.82, 2.24) is 0 Å². The predicted octanol–water partition coefficient (Wildman–Crippen LogP) is 1.19. The Kier molecular flexibility index (Phi) is 3.32. The van der Waals surface area contributed by atoms with Crippen LogP contribution in [0.15, 0.2) is 52.3 Å². The summed E-state index contributed by atoms with van der Waals surface area (Å²) in [4.78, 5) is 0.722. The molecule has 0 fully saturated rings. The number of halogens is 1. The van der Waals surface area contributed by atoms with Gasteiger partial charge in [-0.05, 0) is 0 Å². The molecule has 0 saturated heterocycles. The van der Waals surface area contributed by atoms with E-state index in [4.69, 9.17) is 13.2 Å². The fourth-order valence-corrected chi connectivity index (χ4v) is 16.2. The minimum absolute atomic E-state index is 0.347. The van der Waals surface area contributed by atoms with Crippen LogP contribution in [0.1, 0.15) is 0 Å². The van der Waals surface area contributed by atoms with Crippen molar-refractivity contribution in [2.75, 3.05) is 7.11 Å². The topological polar surface area (TPSA) is 43.4 Å². The Bertz CT molecular complexity index is 758. The fourth-order valence-electron chi connectivity index (χ4n) is 2.10. The first-order chi connectivity index (χ1) is 9.05. The van der Waals surface area contributed by atoms with E-state index in [9.17, 15) is 8.42 Å². The normalized spacial score (nSPS) is 16.5. The molecular weight excluding hydrogens is 481 g/mol. The van der Waals surface area contributed by atoms with Crippen LogP contribution in [0.4, 0.5) is 0 Å². The van der Waals surface area contributed by atoms with Gasteiger partial charge >= 0.3 is 124 Å². The Morgan fingerprint density at radius 2 is 1.74 bits per heavy atom. The second-order valence-electron chi connectivity index (χ2n) is 4.09. The van der Waals surface area contributed by atoms with Gasteiger partial charge in [0.2, 0.25) is 0 Å². The molecule has 0 N–H and O–H groups in total. The Balaban J connectivity index is 2.35. The van der Waals surface area contributed by atoms with E-state index in [1.54, 1.807) is 37.4 Å². The summed E-state index contributed by atoms with van der Waals surface area (Å²) < 4.78 is 31.9. The molecule has 3 rings (SSSR count). The summed E-state index contributed by atoms with van der Waals surface area (Å²) in [5.41, 5.74) is 0. The van der Waals surface area contributed by atoms with E-state index in [0.717, 1.165) is 6.54 Å². The second-order valence-corrected chi connectivity index (χ2v) is 14.9. The van der Waals surface area contributed by atoms with Crippen LogP contribution in [-0.2, 0) is 9.84 Å². The zero-order valence-electron chi connectivity index (χ0n) is 10.00. The number of hydrogen-bond acceptors (Lipinski definition) is 3. The summed E-state index contributed by atoms with van der Waals surface area (Å²) in [6, 6.07) is 12.1. The molecule has 98 valence electrons. The molecule has 2 aromatic carbocycles. The molecule has 0 radical (unpaired) electrons. The van der Waals surface area contributed by atoms with Crippen molar-refractivity contribution in [2.45, 2.75) is 9.79 Å². The summed E-state index contributed by atoms with van der Waals surface area (Å²) in [6.45, 7) is 0. The number of rotatable bonds is 1.